The summed E-state index contributed by atoms with van der Waals surface area (Å²) in [6.45, 7) is 3.30. The molecule has 0 amide bonds. The normalized spacial score (nSPS) is 22.2. The maximum absolute atomic E-state index is 9.78. The third-order valence-electron chi connectivity index (χ3n) is 2.60. The van der Waals surface area contributed by atoms with Crippen molar-refractivity contribution < 1.29 is 14.6 Å². The zero-order chi connectivity index (χ0) is 10.4. The average Bonchev–Trinajstić information content (AvgIpc) is 2.26. The monoisotopic (exact) mass is 198 g/mol. The van der Waals surface area contributed by atoms with E-state index in [9.17, 15) is 5.11 Å². The molecule has 1 unspecified atom stereocenters. The molecule has 1 saturated heterocycles. The van der Waals surface area contributed by atoms with Crippen molar-refractivity contribution in [1.29, 1.82) is 0 Å². The van der Waals surface area contributed by atoms with Gasteiger partial charge in [-0.1, -0.05) is 12.8 Å². The molecule has 1 N–H and O–H groups in total. The summed E-state index contributed by atoms with van der Waals surface area (Å²) in [5.74, 6) is 6.16. The fraction of sp³-hybridized carbons (Fsp3) is 0.818. The van der Waals surface area contributed by atoms with E-state index in [-0.39, 0.29) is 0 Å². The minimum absolute atomic E-state index is 0.414. The van der Waals surface area contributed by atoms with Gasteiger partial charge in [-0.2, -0.15) is 0 Å². The molecule has 0 bridgehead atoms. The van der Waals surface area contributed by atoms with Gasteiger partial charge in [0.15, 0.2) is 6.29 Å². The second-order valence-corrected chi connectivity index (χ2v) is 3.51. The molecule has 1 aliphatic heterocycles. The van der Waals surface area contributed by atoms with Gasteiger partial charge in [-0.15, -0.1) is 5.92 Å². The lowest BCUT2D eigenvalue weighted by atomic mass is 9.80. The summed E-state index contributed by atoms with van der Waals surface area (Å²) in [5.41, 5.74) is -0.414. The van der Waals surface area contributed by atoms with Crippen LogP contribution in [0.2, 0.25) is 0 Å². The van der Waals surface area contributed by atoms with Crippen molar-refractivity contribution >= 4 is 0 Å². The molecule has 0 aromatic rings. The van der Waals surface area contributed by atoms with Crippen molar-refractivity contribution in [3.05, 3.63) is 0 Å². The summed E-state index contributed by atoms with van der Waals surface area (Å²) in [6, 6.07) is 0. The number of methoxy groups -OCH3 is 1. The van der Waals surface area contributed by atoms with Crippen LogP contribution in [0.25, 0.3) is 0 Å². The van der Waals surface area contributed by atoms with Crippen LogP contribution in [0, 0.1) is 17.3 Å². The van der Waals surface area contributed by atoms with Crippen LogP contribution in [-0.2, 0) is 9.47 Å². The maximum atomic E-state index is 9.78. The molecule has 3 nitrogen and oxygen atoms in total. The van der Waals surface area contributed by atoms with E-state index in [1.165, 1.54) is 7.11 Å². The Bertz CT molecular complexity index is 220. The molecule has 0 aliphatic carbocycles. The molecule has 1 aliphatic rings. The van der Waals surface area contributed by atoms with Gasteiger partial charge in [-0.25, -0.2) is 0 Å². The minimum atomic E-state index is -0.801. The molecule has 0 saturated carbocycles. The van der Waals surface area contributed by atoms with Crippen molar-refractivity contribution in [2.24, 2.45) is 5.41 Å². The summed E-state index contributed by atoms with van der Waals surface area (Å²) in [5, 5.41) is 9.78. The second kappa shape index (κ2) is 5.35. The van der Waals surface area contributed by atoms with Crippen molar-refractivity contribution in [2.45, 2.75) is 32.5 Å². The molecule has 80 valence electrons. The molecule has 1 heterocycles. The Balaban J connectivity index is 2.76. The highest BCUT2D eigenvalue weighted by molar-refractivity contribution is 5.14. The Morgan fingerprint density at radius 3 is 2.64 bits per heavy atom. The Morgan fingerprint density at radius 2 is 2.14 bits per heavy atom. The summed E-state index contributed by atoms with van der Waals surface area (Å²) in [4.78, 5) is 0. The summed E-state index contributed by atoms with van der Waals surface area (Å²) in [7, 11) is 1.51. The molecular weight excluding hydrogens is 180 g/mol. The molecule has 0 radical (unpaired) electrons. The van der Waals surface area contributed by atoms with Gasteiger partial charge in [0.1, 0.15) is 0 Å². The Labute approximate surface area is 85.4 Å². The van der Waals surface area contributed by atoms with Crippen LogP contribution in [0.15, 0.2) is 0 Å². The number of aliphatic hydroxyl groups is 1. The van der Waals surface area contributed by atoms with Gasteiger partial charge in [0.2, 0.25) is 0 Å². The first-order chi connectivity index (χ1) is 6.75. The maximum Gasteiger partial charge on any atom is 0.170 e. The van der Waals surface area contributed by atoms with E-state index in [1.807, 2.05) is 6.92 Å². The lowest BCUT2D eigenvalue weighted by molar-refractivity contribution is -0.161. The standard InChI is InChI=1S/C11H18O3/c1-3-4-5-11(10(12)13-2)6-8-14-9-7-11/h10,12H,3,6-9H2,1-2H3. The van der Waals surface area contributed by atoms with Gasteiger partial charge in [0.25, 0.3) is 0 Å². The Morgan fingerprint density at radius 1 is 1.50 bits per heavy atom. The van der Waals surface area contributed by atoms with E-state index in [4.69, 9.17) is 9.47 Å². The third kappa shape index (κ3) is 2.48. The summed E-state index contributed by atoms with van der Waals surface area (Å²) < 4.78 is 10.3. The lowest BCUT2D eigenvalue weighted by Gasteiger charge is -2.35. The number of hydrogen-bond donors (Lipinski definition) is 1. The predicted molar refractivity (Wildman–Crippen MR) is 53.6 cm³/mol. The van der Waals surface area contributed by atoms with E-state index in [0.29, 0.717) is 13.2 Å². The highest BCUT2D eigenvalue weighted by atomic mass is 16.6. The lowest BCUT2D eigenvalue weighted by Crippen LogP contribution is -2.40. The van der Waals surface area contributed by atoms with Gasteiger partial charge in [0.05, 0.1) is 5.41 Å². The number of aliphatic hydroxyl groups excluding tert-OH is 1. The topological polar surface area (TPSA) is 38.7 Å². The van der Waals surface area contributed by atoms with Crippen molar-refractivity contribution in [3.63, 3.8) is 0 Å². The first-order valence-electron chi connectivity index (χ1n) is 5.04. The Kier molecular flexibility index (Phi) is 4.40. The molecule has 0 spiro atoms. The van der Waals surface area contributed by atoms with Gasteiger partial charge in [-0.05, 0) is 12.8 Å². The molecule has 3 heteroatoms. The van der Waals surface area contributed by atoms with Crippen molar-refractivity contribution in [2.75, 3.05) is 20.3 Å². The van der Waals surface area contributed by atoms with Crippen molar-refractivity contribution in [3.8, 4) is 11.8 Å². The highest BCUT2D eigenvalue weighted by Gasteiger charge is 2.38. The van der Waals surface area contributed by atoms with Gasteiger partial charge in [0, 0.05) is 26.7 Å². The molecule has 1 atom stereocenters. The highest BCUT2D eigenvalue weighted by Crippen LogP contribution is 2.33. The van der Waals surface area contributed by atoms with Crippen LogP contribution in [0.1, 0.15) is 26.2 Å². The number of hydrogen-bond acceptors (Lipinski definition) is 3. The zero-order valence-corrected chi connectivity index (χ0v) is 8.88. The van der Waals surface area contributed by atoms with Crippen LogP contribution in [0.3, 0.4) is 0 Å². The van der Waals surface area contributed by atoms with E-state index in [1.54, 1.807) is 0 Å². The van der Waals surface area contributed by atoms with E-state index in [0.717, 1.165) is 19.3 Å². The SMILES string of the molecule is CCC#CC1(C(O)OC)CCOCC1. The first kappa shape index (κ1) is 11.5. The number of ether oxygens (including phenoxy) is 2. The average molecular weight is 198 g/mol. The largest absolute Gasteiger partial charge is 0.381 e. The molecular formula is C11H18O3. The predicted octanol–water partition coefficient (Wildman–Crippen LogP) is 1.16. The first-order valence-corrected chi connectivity index (χ1v) is 5.04. The third-order valence-corrected chi connectivity index (χ3v) is 2.60. The second-order valence-electron chi connectivity index (χ2n) is 3.51. The van der Waals surface area contributed by atoms with Crippen LogP contribution in [0.5, 0.6) is 0 Å². The molecule has 14 heavy (non-hydrogen) atoms. The Hall–Kier alpha value is -0.560. The van der Waals surface area contributed by atoms with Crippen LogP contribution in [-0.4, -0.2) is 31.7 Å². The van der Waals surface area contributed by atoms with E-state index >= 15 is 0 Å². The quantitative estimate of drug-likeness (QED) is 0.534. The smallest absolute Gasteiger partial charge is 0.170 e. The molecule has 1 rings (SSSR count). The number of rotatable bonds is 2. The van der Waals surface area contributed by atoms with Gasteiger partial charge >= 0.3 is 0 Å². The van der Waals surface area contributed by atoms with Crippen LogP contribution in [0.4, 0.5) is 0 Å². The van der Waals surface area contributed by atoms with E-state index in [2.05, 4.69) is 11.8 Å². The molecule has 0 aromatic carbocycles. The van der Waals surface area contributed by atoms with E-state index < -0.39 is 11.7 Å². The van der Waals surface area contributed by atoms with Gasteiger partial charge in [-0.3, -0.25) is 0 Å². The fourth-order valence-electron chi connectivity index (χ4n) is 1.66. The fourth-order valence-corrected chi connectivity index (χ4v) is 1.66. The molecule has 0 aromatic heterocycles. The molecule has 1 fully saturated rings. The summed E-state index contributed by atoms with van der Waals surface area (Å²) >= 11 is 0. The van der Waals surface area contributed by atoms with Crippen molar-refractivity contribution in [1.82, 2.24) is 0 Å². The van der Waals surface area contributed by atoms with Crippen LogP contribution >= 0.6 is 0 Å². The van der Waals surface area contributed by atoms with Gasteiger partial charge < -0.3 is 14.6 Å². The van der Waals surface area contributed by atoms with Crippen LogP contribution < -0.4 is 0 Å². The summed E-state index contributed by atoms with van der Waals surface area (Å²) in [6.07, 6.45) is 1.49. The zero-order valence-electron chi connectivity index (χ0n) is 8.88. The minimum Gasteiger partial charge on any atom is -0.381 e.